The van der Waals surface area contributed by atoms with Crippen molar-refractivity contribution in [2.45, 2.75) is 16.2 Å². The first kappa shape index (κ1) is 17.5. The van der Waals surface area contributed by atoms with Gasteiger partial charge in [0, 0.05) is 10.6 Å². The Morgan fingerprint density at radius 1 is 1.26 bits per heavy atom. The maximum absolute atomic E-state index is 11.2. The molecule has 5 nitrogen and oxygen atoms in total. The Hall–Kier alpha value is -1.89. The van der Waals surface area contributed by atoms with Gasteiger partial charge < -0.3 is 20.7 Å². The monoisotopic (exact) mass is 353 g/mol. The molecule has 7 heteroatoms. The van der Waals surface area contributed by atoms with Crippen molar-refractivity contribution in [3.63, 3.8) is 0 Å². The molecule has 2 unspecified atom stereocenters. The highest BCUT2D eigenvalue weighted by Crippen LogP contribution is 2.43. The molecule has 0 aliphatic carbocycles. The van der Waals surface area contributed by atoms with Gasteiger partial charge in [-0.15, -0.1) is 11.8 Å². The van der Waals surface area contributed by atoms with Crippen LogP contribution in [-0.2, 0) is 4.79 Å². The van der Waals surface area contributed by atoms with Crippen molar-refractivity contribution in [3.8, 4) is 5.75 Å². The summed E-state index contributed by atoms with van der Waals surface area (Å²) in [6, 6.07) is 11.9. The molecule has 0 aliphatic rings. The number of aliphatic hydroxyl groups excluding tert-OH is 1. The lowest BCUT2D eigenvalue weighted by Gasteiger charge is -2.21. The maximum atomic E-state index is 11.2. The second-order valence-electron chi connectivity index (χ2n) is 4.75. The van der Waals surface area contributed by atoms with Gasteiger partial charge in [0.25, 0.3) is 0 Å². The predicted molar refractivity (Wildman–Crippen MR) is 91.1 cm³/mol. The summed E-state index contributed by atoms with van der Waals surface area (Å²) in [4.78, 5) is 11.8. The third-order valence-electron chi connectivity index (χ3n) is 3.23. The lowest BCUT2D eigenvalue weighted by molar-refractivity contribution is -0.146. The van der Waals surface area contributed by atoms with E-state index >= 15 is 0 Å². The van der Waals surface area contributed by atoms with Crippen molar-refractivity contribution in [1.29, 1.82) is 0 Å². The van der Waals surface area contributed by atoms with E-state index in [1.54, 1.807) is 42.5 Å². The minimum Gasteiger partial charge on any atom is -0.497 e. The van der Waals surface area contributed by atoms with Crippen LogP contribution in [-0.4, -0.2) is 29.4 Å². The number of anilines is 1. The van der Waals surface area contributed by atoms with Crippen LogP contribution < -0.4 is 10.5 Å². The first-order valence-corrected chi connectivity index (χ1v) is 7.95. The number of halogens is 1. The average molecular weight is 354 g/mol. The Bertz CT molecular complexity index is 673. The number of carboxylic acid groups (broad SMARTS) is 1. The van der Waals surface area contributed by atoms with Crippen molar-refractivity contribution in [2.75, 3.05) is 12.8 Å². The van der Waals surface area contributed by atoms with Crippen LogP contribution in [0.15, 0.2) is 47.4 Å². The van der Waals surface area contributed by atoms with Crippen LogP contribution in [0.3, 0.4) is 0 Å². The molecule has 2 aromatic carbocycles. The predicted octanol–water partition coefficient (Wildman–Crippen LogP) is 3.21. The van der Waals surface area contributed by atoms with Crippen molar-refractivity contribution in [2.24, 2.45) is 0 Å². The molecule has 0 saturated carbocycles. The van der Waals surface area contributed by atoms with E-state index in [1.165, 1.54) is 7.11 Å². The average Bonchev–Trinajstić information content (AvgIpc) is 2.54. The van der Waals surface area contributed by atoms with Crippen molar-refractivity contribution < 1.29 is 19.7 Å². The largest absolute Gasteiger partial charge is 0.497 e. The van der Waals surface area contributed by atoms with Gasteiger partial charge in [0.15, 0.2) is 6.10 Å². The number of hydrogen-bond acceptors (Lipinski definition) is 5. The lowest BCUT2D eigenvalue weighted by Crippen LogP contribution is -2.26. The highest BCUT2D eigenvalue weighted by Gasteiger charge is 2.29. The van der Waals surface area contributed by atoms with Crippen LogP contribution >= 0.6 is 23.4 Å². The van der Waals surface area contributed by atoms with Gasteiger partial charge >= 0.3 is 5.97 Å². The zero-order valence-corrected chi connectivity index (χ0v) is 13.8. The van der Waals surface area contributed by atoms with E-state index in [4.69, 9.17) is 22.1 Å². The SMILES string of the molecule is COc1ccc(C(Sc2c(N)cccc2Cl)C(O)C(=O)O)cc1. The van der Waals surface area contributed by atoms with Gasteiger partial charge in [-0.2, -0.15) is 0 Å². The molecular weight excluding hydrogens is 338 g/mol. The van der Waals surface area contributed by atoms with Crippen LogP contribution in [0.4, 0.5) is 5.69 Å². The second-order valence-corrected chi connectivity index (χ2v) is 6.31. The lowest BCUT2D eigenvalue weighted by atomic mass is 10.1. The molecule has 0 heterocycles. The van der Waals surface area contributed by atoms with Crippen molar-refractivity contribution in [1.82, 2.24) is 0 Å². The van der Waals surface area contributed by atoms with Gasteiger partial charge in [0.1, 0.15) is 5.75 Å². The smallest absolute Gasteiger partial charge is 0.334 e. The van der Waals surface area contributed by atoms with E-state index in [9.17, 15) is 15.0 Å². The molecule has 2 aromatic rings. The van der Waals surface area contributed by atoms with Crippen LogP contribution in [0.2, 0.25) is 5.02 Å². The van der Waals surface area contributed by atoms with Gasteiger partial charge in [-0.1, -0.05) is 29.8 Å². The molecule has 0 aromatic heterocycles. The number of aliphatic carboxylic acids is 1. The Balaban J connectivity index is 2.39. The number of aliphatic hydroxyl groups is 1. The minimum absolute atomic E-state index is 0.408. The van der Waals surface area contributed by atoms with Gasteiger partial charge in [0.2, 0.25) is 0 Å². The Labute approximate surface area is 143 Å². The molecule has 0 fully saturated rings. The first-order chi connectivity index (χ1) is 10.9. The van der Waals surface area contributed by atoms with Gasteiger partial charge in [-0.05, 0) is 29.8 Å². The van der Waals surface area contributed by atoms with Crippen molar-refractivity contribution in [3.05, 3.63) is 53.1 Å². The Morgan fingerprint density at radius 2 is 1.91 bits per heavy atom. The molecule has 2 rings (SSSR count). The third kappa shape index (κ3) is 4.10. The fourth-order valence-electron chi connectivity index (χ4n) is 2.01. The summed E-state index contributed by atoms with van der Waals surface area (Å²) in [5.41, 5.74) is 6.97. The van der Waals surface area contributed by atoms with Gasteiger partial charge in [-0.3, -0.25) is 0 Å². The summed E-state index contributed by atoms with van der Waals surface area (Å²) >= 11 is 7.26. The number of nitrogen functional groups attached to an aromatic ring is 1. The van der Waals surface area contributed by atoms with E-state index in [2.05, 4.69) is 0 Å². The summed E-state index contributed by atoms with van der Waals surface area (Å²) in [5.74, 6) is -0.677. The van der Waals surface area contributed by atoms with E-state index < -0.39 is 17.3 Å². The van der Waals surface area contributed by atoms with Crippen molar-refractivity contribution >= 4 is 35.0 Å². The van der Waals surface area contributed by atoms with E-state index in [-0.39, 0.29) is 0 Å². The number of benzene rings is 2. The second kappa shape index (κ2) is 7.59. The molecule has 4 N–H and O–H groups in total. The normalized spacial score (nSPS) is 13.3. The summed E-state index contributed by atoms with van der Waals surface area (Å²) < 4.78 is 5.09. The summed E-state index contributed by atoms with van der Waals surface area (Å²) in [6.45, 7) is 0. The quantitative estimate of drug-likeness (QED) is 0.545. The zero-order valence-electron chi connectivity index (χ0n) is 12.3. The Morgan fingerprint density at radius 3 is 2.43 bits per heavy atom. The molecule has 0 spiro atoms. The zero-order chi connectivity index (χ0) is 17.0. The number of thioether (sulfide) groups is 1. The molecule has 23 heavy (non-hydrogen) atoms. The number of hydrogen-bond donors (Lipinski definition) is 3. The highest BCUT2D eigenvalue weighted by molar-refractivity contribution is 7.99. The van der Waals surface area contributed by atoms with Gasteiger partial charge in [-0.25, -0.2) is 4.79 Å². The number of carboxylic acids is 1. The molecular formula is C16H16ClNO4S. The maximum Gasteiger partial charge on any atom is 0.334 e. The van der Waals surface area contributed by atoms with Crippen LogP contribution in [0, 0.1) is 0 Å². The number of nitrogens with two attached hydrogens (primary N) is 1. The fraction of sp³-hybridized carbons (Fsp3) is 0.188. The number of carbonyl (C=O) groups is 1. The summed E-state index contributed by atoms with van der Waals surface area (Å²) in [5, 5.41) is 18.9. The standard InChI is InChI=1S/C16H16ClNO4S/c1-22-10-7-5-9(6-8-10)14(13(19)16(20)21)23-15-11(17)3-2-4-12(15)18/h2-8,13-14,19H,18H2,1H3,(H,20,21). The Kier molecular flexibility index (Phi) is 5.76. The van der Waals surface area contributed by atoms with Crippen LogP contribution in [0.25, 0.3) is 0 Å². The van der Waals surface area contributed by atoms with Crippen LogP contribution in [0.1, 0.15) is 10.8 Å². The van der Waals surface area contributed by atoms with E-state index in [0.717, 1.165) is 11.8 Å². The molecule has 0 radical (unpaired) electrons. The summed E-state index contributed by atoms with van der Waals surface area (Å²) in [6.07, 6.45) is -1.61. The number of ether oxygens (including phenoxy) is 1. The topological polar surface area (TPSA) is 92.8 Å². The molecule has 0 aliphatic heterocycles. The van der Waals surface area contributed by atoms with E-state index in [0.29, 0.717) is 26.9 Å². The van der Waals surface area contributed by atoms with E-state index in [1.807, 2.05) is 0 Å². The highest BCUT2D eigenvalue weighted by atomic mass is 35.5. The molecule has 0 saturated heterocycles. The number of methoxy groups -OCH3 is 1. The van der Waals surface area contributed by atoms with Crippen LogP contribution in [0.5, 0.6) is 5.75 Å². The number of rotatable bonds is 6. The summed E-state index contributed by atoms with van der Waals surface area (Å²) in [7, 11) is 1.54. The first-order valence-electron chi connectivity index (χ1n) is 6.69. The van der Waals surface area contributed by atoms with Gasteiger partial charge in [0.05, 0.1) is 17.4 Å². The fourth-order valence-corrected chi connectivity index (χ4v) is 3.51. The third-order valence-corrected chi connectivity index (χ3v) is 5.13. The molecule has 122 valence electrons. The molecule has 0 amide bonds. The minimum atomic E-state index is -1.61. The molecule has 2 atom stereocenters. The molecule has 0 bridgehead atoms.